The third kappa shape index (κ3) is 2.22. The highest BCUT2D eigenvalue weighted by molar-refractivity contribution is 9.10. The molecule has 0 aliphatic carbocycles. The van der Waals surface area contributed by atoms with Crippen LogP contribution in [-0.4, -0.2) is 4.57 Å². The Morgan fingerprint density at radius 1 is 1.39 bits per heavy atom. The Bertz CT molecular complexity index is 683. The van der Waals surface area contributed by atoms with E-state index in [1.54, 1.807) is 6.20 Å². The summed E-state index contributed by atoms with van der Waals surface area (Å²) in [6, 6.07) is 11.4. The van der Waals surface area contributed by atoms with Gasteiger partial charge in [0.05, 0.1) is 0 Å². The topological polar surface area (TPSA) is 45.8 Å². The zero-order valence-electron chi connectivity index (χ0n) is 9.85. The summed E-state index contributed by atoms with van der Waals surface area (Å²) >= 11 is 3.39. The number of halogens is 1. The van der Waals surface area contributed by atoms with Gasteiger partial charge in [0.1, 0.15) is 11.6 Å². The molecular weight excluding hydrogens is 292 g/mol. The lowest BCUT2D eigenvalue weighted by Gasteiger charge is -2.07. The van der Waals surface area contributed by atoms with Crippen LogP contribution in [0.2, 0.25) is 0 Å². The molecule has 0 saturated heterocycles. The number of rotatable bonds is 2. The van der Waals surface area contributed by atoms with Gasteiger partial charge in [-0.3, -0.25) is 4.79 Å². The van der Waals surface area contributed by atoms with Gasteiger partial charge in [-0.15, -0.1) is 0 Å². The Morgan fingerprint density at radius 2 is 2.17 bits per heavy atom. The molecule has 0 bridgehead atoms. The number of nitrogens with zero attached hydrogens (tertiary/aromatic N) is 2. The molecule has 4 heteroatoms. The van der Waals surface area contributed by atoms with E-state index in [-0.39, 0.29) is 11.1 Å². The highest BCUT2D eigenvalue weighted by atomic mass is 79.9. The average Bonchev–Trinajstić information content (AvgIpc) is 2.38. The summed E-state index contributed by atoms with van der Waals surface area (Å²) in [4.78, 5) is 12.0. The predicted octanol–water partition coefficient (Wildman–Crippen LogP) is 3.17. The molecule has 3 nitrogen and oxygen atoms in total. The maximum Gasteiger partial charge on any atom is 0.269 e. The lowest BCUT2D eigenvalue weighted by molar-refractivity contribution is 0.725. The lowest BCUT2D eigenvalue weighted by Crippen LogP contribution is -2.21. The van der Waals surface area contributed by atoms with Crippen LogP contribution < -0.4 is 5.56 Å². The first-order valence-corrected chi connectivity index (χ1v) is 6.36. The number of aromatic nitrogens is 1. The Hall–Kier alpha value is -1.86. The van der Waals surface area contributed by atoms with E-state index in [0.717, 1.165) is 10.0 Å². The van der Waals surface area contributed by atoms with Crippen LogP contribution in [0.15, 0.2) is 45.8 Å². The van der Waals surface area contributed by atoms with Crippen molar-refractivity contribution in [3.8, 4) is 17.2 Å². The summed E-state index contributed by atoms with van der Waals surface area (Å²) in [5.74, 6) is 0. The van der Waals surface area contributed by atoms with E-state index in [2.05, 4.69) is 15.9 Å². The van der Waals surface area contributed by atoms with Gasteiger partial charge in [0, 0.05) is 22.8 Å². The first-order chi connectivity index (χ1) is 8.67. The Balaban J connectivity index is 2.70. The van der Waals surface area contributed by atoms with Gasteiger partial charge >= 0.3 is 0 Å². The van der Waals surface area contributed by atoms with Crippen LogP contribution in [0, 0.1) is 11.3 Å². The van der Waals surface area contributed by atoms with Gasteiger partial charge in [0.15, 0.2) is 0 Å². The Labute approximate surface area is 113 Å². The Kier molecular flexibility index (Phi) is 3.63. The third-order valence-electron chi connectivity index (χ3n) is 2.75. The molecule has 0 radical (unpaired) electrons. The standard InChI is InChI=1S/C14H11BrN2O/c1-2-17-7-6-12(13(9-16)14(17)18)10-4-3-5-11(15)8-10/h3-8H,2H2,1H3. The lowest BCUT2D eigenvalue weighted by atomic mass is 10.0. The highest BCUT2D eigenvalue weighted by Gasteiger charge is 2.10. The normalized spacial score (nSPS) is 10.1. The van der Waals surface area contributed by atoms with E-state index in [1.165, 1.54) is 4.57 Å². The van der Waals surface area contributed by atoms with Crippen LogP contribution in [0.1, 0.15) is 12.5 Å². The molecule has 0 unspecified atom stereocenters. The molecule has 2 aromatic rings. The number of benzene rings is 1. The second kappa shape index (κ2) is 5.19. The van der Waals surface area contributed by atoms with Crippen molar-refractivity contribution in [1.82, 2.24) is 4.57 Å². The Morgan fingerprint density at radius 3 is 2.78 bits per heavy atom. The van der Waals surface area contributed by atoms with Gasteiger partial charge in [-0.25, -0.2) is 0 Å². The van der Waals surface area contributed by atoms with Crippen LogP contribution >= 0.6 is 15.9 Å². The molecule has 0 N–H and O–H groups in total. The first-order valence-electron chi connectivity index (χ1n) is 5.57. The van der Waals surface area contributed by atoms with Crippen molar-refractivity contribution in [1.29, 1.82) is 5.26 Å². The molecule has 0 fully saturated rings. The number of nitriles is 1. The average molecular weight is 303 g/mol. The maximum atomic E-state index is 12.0. The molecule has 90 valence electrons. The third-order valence-corrected chi connectivity index (χ3v) is 3.25. The van der Waals surface area contributed by atoms with Crippen molar-refractivity contribution in [2.75, 3.05) is 0 Å². The van der Waals surface area contributed by atoms with Crippen LogP contribution in [0.5, 0.6) is 0 Å². The van der Waals surface area contributed by atoms with Gasteiger partial charge in [0.25, 0.3) is 5.56 Å². The molecule has 1 aromatic heterocycles. The molecule has 0 amide bonds. The van der Waals surface area contributed by atoms with Crippen LogP contribution in [-0.2, 0) is 6.54 Å². The van der Waals surface area contributed by atoms with Gasteiger partial charge in [-0.1, -0.05) is 28.1 Å². The van der Waals surface area contributed by atoms with E-state index in [0.29, 0.717) is 12.1 Å². The minimum absolute atomic E-state index is 0.192. The zero-order chi connectivity index (χ0) is 13.1. The molecule has 0 spiro atoms. The first kappa shape index (κ1) is 12.6. The zero-order valence-corrected chi connectivity index (χ0v) is 11.4. The fourth-order valence-corrected chi connectivity index (χ4v) is 2.23. The fraction of sp³-hybridized carbons (Fsp3) is 0.143. The van der Waals surface area contributed by atoms with E-state index in [9.17, 15) is 10.1 Å². The molecule has 0 saturated carbocycles. The summed E-state index contributed by atoms with van der Waals surface area (Å²) in [7, 11) is 0. The molecule has 0 atom stereocenters. The minimum atomic E-state index is -0.238. The van der Waals surface area contributed by atoms with Crippen molar-refractivity contribution in [2.24, 2.45) is 0 Å². The highest BCUT2D eigenvalue weighted by Crippen LogP contribution is 2.24. The van der Waals surface area contributed by atoms with Gasteiger partial charge < -0.3 is 4.57 Å². The second-order valence-electron chi connectivity index (χ2n) is 3.82. The summed E-state index contributed by atoms with van der Waals surface area (Å²) in [5.41, 5.74) is 1.49. The largest absolute Gasteiger partial charge is 0.315 e. The predicted molar refractivity (Wildman–Crippen MR) is 74.2 cm³/mol. The van der Waals surface area contributed by atoms with Crippen molar-refractivity contribution in [3.63, 3.8) is 0 Å². The van der Waals surface area contributed by atoms with Crippen LogP contribution in [0.3, 0.4) is 0 Å². The van der Waals surface area contributed by atoms with Gasteiger partial charge in [-0.05, 0) is 30.7 Å². The molecule has 0 aliphatic heterocycles. The molecule has 18 heavy (non-hydrogen) atoms. The maximum absolute atomic E-state index is 12.0. The summed E-state index contributed by atoms with van der Waals surface area (Å²) in [6.07, 6.45) is 1.72. The van der Waals surface area contributed by atoms with E-state index in [1.807, 2.05) is 43.3 Å². The molecular formula is C14H11BrN2O. The van der Waals surface area contributed by atoms with Crippen molar-refractivity contribution in [3.05, 3.63) is 56.9 Å². The van der Waals surface area contributed by atoms with Crippen molar-refractivity contribution >= 4 is 15.9 Å². The van der Waals surface area contributed by atoms with Crippen LogP contribution in [0.25, 0.3) is 11.1 Å². The van der Waals surface area contributed by atoms with E-state index in [4.69, 9.17) is 0 Å². The summed E-state index contributed by atoms with van der Waals surface area (Å²) < 4.78 is 2.45. The monoisotopic (exact) mass is 302 g/mol. The van der Waals surface area contributed by atoms with Crippen molar-refractivity contribution < 1.29 is 0 Å². The van der Waals surface area contributed by atoms with Gasteiger partial charge in [0.2, 0.25) is 0 Å². The quantitative estimate of drug-likeness (QED) is 0.855. The number of hydrogen-bond acceptors (Lipinski definition) is 2. The number of hydrogen-bond donors (Lipinski definition) is 0. The second-order valence-corrected chi connectivity index (χ2v) is 4.73. The molecule has 1 aromatic carbocycles. The number of pyridine rings is 1. The van der Waals surface area contributed by atoms with Crippen molar-refractivity contribution in [2.45, 2.75) is 13.5 Å². The molecule has 1 heterocycles. The smallest absolute Gasteiger partial charge is 0.269 e. The fourth-order valence-electron chi connectivity index (χ4n) is 1.83. The SMILES string of the molecule is CCn1ccc(-c2cccc(Br)c2)c(C#N)c1=O. The number of aryl methyl sites for hydroxylation is 1. The van der Waals surface area contributed by atoms with Gasteiger partial charge in [-0.2, -0.15) is 5.26 Å². The summed E-state index contributed by atoms with van der Waals surface area (Å²) in [5, 5.41) is 9.17. The minimum Gasteiger partial charge on any atom is -0.315 e. The molecule has 0 aliphatic rings. The summed E-state index contributed by atoms with van der Waals surface area (Å²) in [6.45, 7) is 2.44. The molecule has 2 rings (SSSR count). The van der Waals surface area contributed by atoms with E-state index < -0.39 is 0 Å². The van der Waals surface area contributed by atoms with E-state index >= 15 is 0 Å². The van der Waals surface area contributed by atoms with Crippen LogP contribution in [0.4, 0.5) is 0 Å².